The Balaban J connectivity index is 1.29. The van der Waals surface area contributed by atoms with Crippen molar-refractivity contribution in [2.45, 2.75) is 243 Å². The van der Waals surface area contributed by atoms with Crippen LogP contribution in [0.3, 0.4) is 0 Å². The number of aliphatic hydroxyl groups excluding tert-OH is 18. The molecule has 0 aromatic heterocycles. The molecule has 22 fully saturated rings. The Morgan fingerprint density at radius 1 is 0.272 bits per heavy atom. The molecule has 12 bridgehead atoms. The van der Waals surface area contributed by atoms with E-state index in [1.807, 2.05) is 0 Å². The van der Waals surface area contributed by atoms with E-state index >= 15 is 0 Å². The molecule has 33 nitrogen and oxygen atoms in total. The Morgan fingerprint density at radius 3 is 0.654 bits per heavy atom. The monoisotopic (exact) mass is 1190 g/mol. The summed E-state index contributed by atoms with van der Waals surface area (Å²) in [4.78, 5) is 0. The number of rotatable bonds is 18. The van der Waals surface area contributed by atoms with Crippen LogP contribution >= 0.6 is 0 Å². The van der Waals surface area contributed by atoms with Crippen molar-refractivity contribution in [1.29, 1.82) is 0 Å². The molecule has 0 radical (unpaired) electrons. The Kier molecular flexibility index (Phi) is 25.3. The molecule has 22 aliphatic heterocycles. The fourth-order valence-corrected chi connectivity index (χ4v) is 10.5. The van der Waals surface area contributed by atoms with Crippen molar-refractivity contribution in [2.24, 2.45) is 0 Å². The fraction of sp³-hybridized carbons (Fsp3) is 1.00. The molecule has 33 atom stereocenters. The van der Waals surface area contributed by atoms with E-state index in [0.29, 0.717) is 0 Å². The number of hydrogen-bond donors (Lipinski definition) is 18. The van der Waals surface area contributed by atoms with Gasteiger partial charge in [-0.05, 0) is 19.3 Å². The first kappa shape index (κ1) is 67.2. The molecule has 22 rings (SSSR count). The largest absolute Gasteiger partial charge is 0.394 e. The summed E-state index contributed by atoms with van der Waals surface area (Å²) in [6.07, 6.45) is -59.8. The lowest BCUT2D eigenvalue weighted by atomic mass is 9.94. The molecule has 22 saturated heterocycles. The molecule has 22 aliphatic rings. The van der Waals surface area contributed by atoms with E-state index in [0.717, 1.165) is 0 Å². The van der Waals surface area contributed by atoms with E-state index in [1.54, 1.807) is 20.8 Å². The first-order valence-corrected chi connectivity index (χ1v) is 27.2. The minimum atomic E-state index is -2.17. The quantitative estimate of drug-likeness (QED) is 0.0606. The van der Waals surface area contributed by atoms with E-state index in [1.165, 1.54) is 0 Å². The predicted octanol–water partition coefficient (Wildman–Crippen LogP) is -10.7. The van der Waals surface area contributed by atoms with E-state index in [2.05, 4.69) is 0 Å². The second-order valence-electron chi connectivity index (χ2n) is 21.0. The van der Waals surface area contributed by atoms with Gasteiger partial charge in [0.25, 0.3) is 0 Å². The highest BCUT2D eigenvalue weighted by atomic mass is 16.8. The standard InChI is InChI=1S/C48H84O33/c1-4-16(55)13-67-40-31(64)46-73-23(11-53)38(40)80-48-33(66)42(69-15-18(57)6-3)39(24(12-54)75-48)81-47-32(65)41(68-14-17(56)5-2)37(22(10-52)74-47)79-45-30(63)27(60)35(20(8-50)72-45)77-43-28(61)25(58)34(19(7-49)70-43)76-44-29(62)26(59)36(78-46)21(9-51)71-44/h16-66H,4-15H2,1-3H3/t16?,17?,18?,19-,20-,21-,22-,23-,24-,25-,26-,27-,28-,29-,30-,31-,32-,33-,34-,35-,36-,37+,38+,39+,40-,41-,42-,43-,44-,45-,46-,47-,48-/m1/s1. The van der Waals surface area contributed by atoms with Crippen molar-refractivity contribution in [1.82, 2.24) is 0 Å². The van der Waals surface area contributed by atoms with Gasteiger partial charge >= 0.3 is 0 Å². The van der Waals surface area contributed by atoms with Gasteiger partial charge in [-0.3, -0.25) is 0 Å². The summed E-state index contributed by atoms with van der Waals surface area (Å²) in [6, 6.07) is 0. The van der Waals surface area contributed by atoms with Crippen LogP contribution in [-0.4, -0.2) is 354 Å². The van der Waals surface area contributed by atoms with Crippen LogP contribution in [0, 0.1) is 0 Å². The normalized spacial score (nSPS) is 48.6. The van der Waals surface area contributed by atoms with Crippen molar-refractivity contribution >= 4 is 0 Å². The van der Waals surface area contributed by atoms with Gasteiger partial charge in [0.15, 0.2) is 37.7 Å². The topological polar surface area (TPSA) is 503 Å². The summed E-state index contributed by atoms with van der Waals surface area (Å²) in [5.74, 6) is 0. The summed E-state index contributed by atoms with van der Waals surface area (Å²) < 4.78 is 89.7. The van der Waals surface area contributed by atoms with Crippen LogP contribution in [0.2, 0.25) is 0 Å². The van der Waals surface area contributed by atoms with Crippen molar-refractivity contribution in [3.05, 3.63) is 0 Å². The molecule has 81 heavy (non-hydrogen) atoms. The predicted molar refractivity (Wildman–Crippen MR) is 256 cm³/mol. The van der Waals surface area contributed by atoms with Crippen molar-refractivity contribution in [3.63, 3.8) is 0 Å². The summed E-state index contributed by atoms with van der Waals surface area (Å²) in [7, 11) is 0. The molecule has 33 heteroatoms. The maximum Gasteiger partial charge on any atom is 0.187 e. The summed E-state index contributed by atoms with van der Waals surface area (Å²) >= 11 is 0. The highest BCUT2D eigenvalue weighted by Crippen LogP contribution is 2.39. The molecule has 22 heterocycles. The number of hydrogen-bond acceptors (Lipinski definition) is 33. The second-order valence-corrected chi connectivity index (χ2v) is 21.0. The van der Waals surface area contributed by atoms with Gasteiger partial charge in [0.1, 0.15) is 146 Å². The SMILES string of the molecule is CCC(O)CO[C@@H]1[C@@H](O)[C@H]2O[C@@H]3[C@H](OCC(O)CC)[C@@H](O)[C@@H](O[C@@H]4[C@H](OCC(O)CC)[C@@H](O)[C@@H](O[C@H]5[C@H](O)[C@@H](O)[C@@H](O[C@H]6[C@H](O)[C@@H](O)[C@@H](O[C@H]7[C@H](O)[C@@H](O)[C@@H](O[C@H]1[C@@H](CO)O2)O[C@@H]7CO)O[C@@H]6CO)O[C@@H]5CO)O[C@@H]4CO)O[C@@H]3CO. The number of ether oxygens (including phenoxy) is 15. The lowest BCUT2D eigenvalue weighted by Crippen LogP contribution is -2.69. The van der Waals surface area contributed by atoms with Crippen molar-refractivity contribution in [3.8, 4) is 0 Å². The van der Waals surface area contributed by atoms with Gasteiger partial charge in [-0.2, -0.15) is 0 Å². The first-order chi connectivity index (χ1) is 38.7. The maximum atomic E-state index is 12.2. The molecule has 474 valence electrons. The van der Waals surface area contributed by atoms with Crippen LogP contribution in [0.4, 0.5) is 0 Å². The third-order valence-corrected chi connectivity index (χ3v) is 15.5. The average Bonchev–Trinajstić information content (AvgIpc) is 3.51. The molecule has 0 aromatic rings. The van der Waals surface area contributed by atoms with Crippen LogP contribution < -0.4 is 0 Å². The highest BCUT2D eigenvalue weighted by Gasteiger charge is 2.60. The first-order valence-electron chi connectivity index (χ1n) is 27.2. The van der Waals surface area contributed by atoms with E-state index < -0.39 is 262 Å². The Labute approximate surface area is 464 Å². The molecule has 3 unspecified atom stereocenters. The van der Waals surface area contributed by atoms with Crippen LogP contribution in [-0.2, 0) is 71.1 Å². The van der Waals surface area contributed by atoms with Gasteiger partial charge in [-0.15, -0.1) is 0 Å². The average molecular weight is 1190 g/mol. The fourth-order valence-electron chi connectivity index (χ4n) is 10.5. The van der Waals surface area contributed by atoms with Gasteiger partial charge in [0.05, 0.1) is 77.8 Å². The van der Waals surface area contributed by atoms with E-state index in [9.17, 15) is 91.9 Å². The Hall–Kier alpha value is -1.32. The molecule has 18 N–H and O–H groups in total. The van der Waals surface area contributed by atoms with E-state index in [4.69, 9.17) is 71.1 Å². The zero-order chi connectivity index (χ0) is 59.1. The summed E-state index contributed by atoms with van der Waals surface area (Å²) in [6.45, 7) is -2.60. The van der Waals surface area contributed by atoms with Gasteiger partial charge in [0, 0.05) is 0 Å². The Morgan fingerprint density at radius 2 is 0.457 bits per heavy atom. The third kappa shape index (κ3) is 15.0. The summed E-state index contributed by atoms with van der Waals surface area (Å²) in [5.41, 5.74) is 0. The van der Waals surface area contributed by atoms with Gasteiger partial charge in [0.2, 0.25) is 0 Å². The third-order valence-electron chi connectivity index (χ3n) is 15.5. The molecule has 0 amide bonds. The minimum Gasteiger partial charge on any atom is -0.394 e. The van der Waals surface area contributed by atoms with Crippen LogP contribution in [0.15, 0.2) is 0 Å². The lowest BCUT2D eigenvalue weighted by Gasteiger charge is -2.51. The van der Waals surface area contributed by atoms with Gasteiger partial charge in [-0.25, -0.2) is 0 Å². The van der Waals surface area contributed by atoms with Gasteiger partial charge in [-0.1, -0.05) is 20.8 Å². The molecule has 0 saturated carbocycles. The lowest BCUT2D eigenvalue weighted by molar-refractivity contribution is -0.407. The molecular weight excluding hydrogens is 1100 g/mol. The molecular formula is C48H84O33. The van der Waals surface area contributed by atoms with Crippen molar-refractivity contribution in [2.75, 3.05) is 59.5 Å². The van der Waals surface area contributed by atoms with Crippen molar-refractivity contribution < 1.29 is 163 Å². The molecule has 0 aliphatic carbocycles. The summed E-state index contributed by atoms with van der Waals surface area (Å²) in [5, 5.41) is 201. The van der Waals surface area contributed by atoms with Crippen LogP contribution in [0.5, 0.6) is 0 Å². The zero-order valence-electron chi connectivity index (χ0n) is 44.7. The minimum absolute atomic E-state index is 0.134. The Bertz CT molecular complexity index is 1820. The van der Waals surface area contributed by atoms with Crippen LogP contribution in [0.1, 0.15) is 40.0 Å². The van der Waals surface area contributed by atoms with Crippen LogP contribution in [0.25, 0.3) is 0 Å². The van der Waals surface area contributed by atoms with Gasteiger partial charge < -0.3 is 163 Å². The van der Waals surface area contributed by atoms with E-state index in [-0.39, 0.29) is 19.3 Å². The molecule has 0 spiro atoms. The highest BCUT2D eigenvalue weighted by molar-refractivity contribution is 5.02. The number of aliphatic hydroxyl groups is 18. The zero-order valence-corrected chi connectivity index (χ0v) is 44.7. The second kappa shape index (κ2) is 30.5. The molecule has 0 aromatic carbocycles. The maximum absolute atomic E-state index is 12.2. The smallest absolute Gasteiger partial charge is 0.187 e.